The molecule has 4 bridgehead atoms. The van der Waals surface area contributed by atoms with Gasteiger partial charge in [0.25, 0.3) is 0 Å². The maximum atomic E-state index is 11.5. The Hall–Kier alpha value is -0.530. The first-order valence-electron chi connectivity index (χ1n) is 7.39. The molecular formula is C15H22O2. The summed E-state index contributed by atoms with van der Waals surface area (Å²) in [4.78, 5) is 11.5. The molecule has 4 aliphatic carbocycles. The first kappa shape index (κ1) is 10.4. The highest BCUT2D eigenvalue weighted by Gasteiger charge is 2.54. The van der Waals surface area contributed by atoms with E-state index in [1.54, 1.807) is 0 Å². The molecule has 0 radical (unpaired) electrons. The molecule has 1 saturated heterocycles. The fourth-order valence-electron chi connectivity index (χ4n) is 5.88. The molecule has 0 aromatic heterocycles. The lowest BCUT2D eigenvalue weighted by atomic mass is 9.46. The minimum Gasteiger partial charge on any atom is -0.466 e. The molecule has 0 aromatic rings. The zero-order valence-corrected chi connectivity index (χ0v) is 10.5. The molecule has 0 amide bonds. The van der Waals surface area contributed by atoms with Gasteiger partial charge >= 0.3 is 5.97 Å². The van der Waals surface area contributed by atoms with Gasteiger partial charge in [-0.2, -0.15) is 0 Å². The lowest BCUT2D eigenvalue weighted by Crippen LogP contribution is -2.51. The maximum Gasteiger partial charge on any atom is 0.306 e. The number of ether oxygens (including phenoxy) is 1. The third kappa shape index (κ3) is 1.56. The Kier molecular flexibility index (Phi) is 2.13. The van der Waals surface area contributed by atoms with Crippen molar-refractivity contribution in [1.82, 2.24) is 0 Å². The van der Waals surface area contributed by atoms with Gasteiger partial charge in [0.2, 0.25) is 0 Å². The molecule has 17 heavy (non-hydrogen) atoms. The van der Waals surface area contributed by atoms with E-state index in [0.717, 1.165) is 24.2 Å². The van der Waals surface area contributed by atoms with E-state index < -0.39 is 0 Å². The lowest BCUT2D eigenvalue weighted by Gasteiger charge is -2.60. The second kappa shape index (κ2) is 3.49. The van der Waals surface area contributed by atoms with Crippen molar-refractivity contribution in [3.8, 4) is 0 Å². The molecule has 5 aliphatic rings. The number of carbonyl (C=O) groups excluding carboxylic acids is 1. The third-order valence-electron chi connectivity index (χ3n) is 6.09. The van der Waals surface area contributed by atoms with E-state index in [9.17, 15) is 4.79 Å². The van der Waals surface area contributed by atoms with E-state index in [4.69, 9.17) is 4.74 Å². The van der Waals surface area contributed by atoms with Crippen LogP contribution in [0.2, 0.25) is 0 Å². The van der Waals surface area contributed by atoms with Crippen LogP contribution in [0.3, 0.4) is 0 Å². The van der Waals surface area contributed by atoms with Crippen LogP contribution in [0.5, 0.6) is 0 Å². The van der Waals surface area contributed by atoms with Gasteiger partial charge in [-0.25, -0.2) is 0 Å². The van der Waals surface area contributed by atoms with Gasteiger partial charge in [0, 0.05) is 6.42 Å². The van der Waals surface area contributed by atoms with Crippen LogP contribution >= 0.6 is 0 Å². The fraction of sp³-hybridized carbons (Fsp3) is 0.933. The summed E-state index contributed by atoms with van der Waals surface area (Å²) in [5.41, 5.74) is 0.550. The van der Waals surface area contributed by atoms with Crippen molar-refractivity contribution in [3.63, 3.8) is 0 Å². The average molecular weight is 234 g/mol. The molecule has 1 unspecified atom stereocenters. The Balaban J connectivity index is 1.61. The van der Waals surface area contributed by atoms with Crippen molar-refractivity contribution in [1.29, 1.82) is 0 Å². The summed E-state index contributed by atoms with van der Waals surface area (Å²) in [6.45, 7) is 0.686. The van der Waals surface area contributed by atoms with Crippen LogP contribution in [0.4, 0.5) is 0 Å². The van der Waals surface area contributed by atoms with E-state index >= 15 is 0 Å². The van der Waals surface area contributed by atoms with Crippen molar-refractivity contribution in [2.24, 2.45) is 29.1 Å². The monoisotopic (exact) mass is 234 g/mol. The number of rotatable bonds is 1. The highest BCUT2D eigenvalue weighted by Crippen LogP contribution is 2.64. The molecule has 94 valence electrons. The van der Waals surface area contributed by atoms with E-state index in [1.807, 2.05) is 0 Å². The fourth-order valence-corrected chi connectivity index (χ4v) is 5.88. The Bertz CT molecular complexity index is 312. The Labute approximate surface area is 103 Å². The molecule has 0 aromatic carbocycles. The molecule has 2 heteroatoms. The van der Waals surface area contributed by atoms with Crippen LogP contribution in [0.1, 0.15) is 51.4 Å². The van der Waals surface area contributed by atoms with E-state index in [0.29, 0.717) is 24.4 Å². The predicted molar refractivity (Wildman–Crippen MR) is 64.3 cm³/mol. The van der Waals surface area contributed by atoms with Gasteiger partial charge in [0.15, 0.2) is 0 Å². The predicted octanol–water partition coefficient (Wildman–Crippen LogP) is 3.16. The van der Waals surface area contributed by atoms with Crippen LogP contribution in [-0.2, 0) is 9.53 Å². The van der Waals surface area contributed by atoms with Crippen molar-refractivity contribution in [3.05, 3.63) is 0 Å². The van der Waals surface area contributed by atoms with Crippen molar-refractivity contribution >= 4 is 5.97 Å². The smallest absolute Gasteiger partial charge is 0.306 e. The van der Waals surface area contributed by atoms with Crippen molar-refractivity contribution in [2.45, 2.75) is 51.4 Å². The normalized spacial score (nSPS) is 52.6. The molecule has 2 nitrogen and oxygen atoms in total. The van der Waals surface area contributed by atoms with Crippen molar-refractivity contribution < 1.29 is 9.53 Å². The van der Waals surface area contributed by atoms with Gasteiger partial charge in [-0.3, -0.25) is 4.79 Å². The molecule has 5 fully saturated rings. The maximum absolute atomic E-state index is 11.5. The number of esters is 1. The van der Waals surface area contributed by atoms with Gasteiger partial charge in [0.05, 0.1) is 6.61 Å². The molecule has 1 heterocycles. The molecule has 0 spiro atoms. The molecule has 0 N–H and O–H groups in total. The molecular weight excluding hydrogens is 212 g/mol. The summed E-state index contributed by atoms with van der Waals surface area (Å²) < 4.78 is 5.13. The quantitative estimate of drug-likeness (QED) is 0.651. The second-order valence-corrected chi connectivity index (χ2v) is 7.19. The summed E-state index contributed by atoms with van der Waals surface area (Å²) in [5, 5.41) is 0. The average Bonchev–Trinajstić information content (AvgIpc) is 2.27. The Morgan fingerprint density at radius 3 is 2.12 bits per heavy atom. The van der Waals surface area contributed by atoms with Crippen LogP contribution in [0.25, 0.3) is 0 Å². The Morgan fingerprint density at radius 2 is 1.59 bits per heavy atom. The van der Waals surface area contributed by atoms with E-state index in [2.05, 4.69) is 0 Å². The van der Waals surface area contributed by atoms with Crippen LogP contribution in [0, 0.1) is 29.1 Å². The largest absolute Gasteiger partial charge is 0.466 e. The van der Waals surface area contributed by atoms with Gasteiger partial charge in [0.1, 0.15) is 0 Å². The van der Waals surface area contributed by atoms with E-state index in [1.165, 1.54) is 38.5 Å². The summed E-state index contributed by atoms with van der Waals surface area (Å²) in [6.07, 6.45) is 10.6. The highest BCUT2D eigenvalue weighted by atomic mass is 16.5. The zero-order valence-electron chi connectivity index (χ0n) is 10.5. The SMILES string of the molecule is O=C1CC(C23CC4CC(CC(C4)C2)C3)CCO1. The van der Waals surface area contributed by atoms with Crippen LogP contribution in [-0.4, -0.2) is 12.6 Å². The standard InChI is InChI=1S/C15H22O2/c16-14-6-13(1-2-17-14)15-7-10-3-11(8-15)5-12(4-10)9-15/h10-13H,1-9H2. The molecule has 4 saturated carbocycles. The lowest BCUT2D eigenvalue weighted by molar-refractivity contribution is -0.159. The minimum absolute atomic E-state index is 0.0667. The van der Waals surface area contributed by atoms with Gasteiger partial charge in [-0.1, -0.05) is 0 Å². The number of hydrogen-bond donors (Lipinski definition) is 0. The third-order valence-corrected chi connectivity index (χ3v) is 6.09. The molecule has 1 atom stereocenters. The summed E-state index contributed by atoms with van der Waals surface area (Å²) in [5.74, 6) is 3.71. The highest BCUT2D eigenvalue weighted by molar-refractivity contribution is 5.70. The summed E-state index contributed by atoms with van der Waals surface area (Å²) in [7, 11) is 0. The zero-order chi connectivity index (χ0) is 11.5. The van der Waals surface area contributed by atoms with Gasteiger partial charge < -0.3 is 4.74 Å². The number of cyclic esters (lactones) is 1. The molecule has 1 aliphatic heterocycles. The van der Waals surface area contributed by atoms with Crippen molar-refractivity contribution in [2.75, 3.05) is 6.61 Å². The van der Waals surface area contributed by atoms with Gasteiger partial charge in [-0.15, -0.1) is 0 Å². The Morgan fingerprint density at radius 1 is 1.00 bits per heavy atom. The molecule has 5 rings (SSSR count). The van der Waals surface area contributed by atoms with Crippen LogP contribution < -0.4 is 0 Å². The van der Waals surface area contributed by atoms with E-state index in [-0.39, 0.29) is 5.97 Å². The van der Waals surface area contributed by atoms with Gasteiger partial charge in [-0.05, 0) is 74.0 Å². The first-order valence-corrected chi connectivity index (χ1v) is 7.39. The summed E-state index contributed by atoms with van der Waals surface area (Å²) >= 11 is 0. The minimum atomic E-state index is 0.0667. The summed E-state index contributed by atoms with van der Waals surface area (Å²) in [6, 6.07) is 0. The second-order valence-electron chi connectivity index (χ2n) is 7.19. The topological polar surface area (TPSA) is 26.3 Å². The van der Waals surface area contributed by atoms with Crippen LogP contribution in [0.15, 0.2) is 0 Å². The first-order chi connectivity index (χ1) is 8.23. The number of carbonyl (C=O) groups is 1. The number of hydrogen-bond acceptors (Lipinski definition) is 2.